The van der Waals surface area contributed by atoms with Crippen LogP contribution in [0.2, 0.25) is 0 Å². The van der Waals surface area contributed by atoms with Crippen molar-refractivity contribution in [1.29, 1.82) is 0 Å². The molecule has 0 N–H and O–H groups in total. The van der Waals surface area contributed by atoms with Crippen LogP contribution in [-0.4, -0.2) is 17.5 Å². The van der Waals surface area contributed by atoms with Gasteiger partial charge in [0, 0.05) is 23.5 Å². The highest BCUT2D eigenvalue weighted by atomic mass is 16.7. The SMILES string of the molecule is CC(=O)O/N=C(\C)c1ccc2c(c1)C(Cc1ccccc1)(Cc1ccccc1)c1cc(C(=O)c3ccccc3C)ccc1-2. The van der Waals surface area contributed by atoms with E-state index in [4.69, 9.17) is 4.84 Å². The highest BCUT2D eigenvalue weighted by Crippen LogP contribution is 2.53. The van der Waals surface area contributed by atoms with Crippen molar-refractivity contribution in [3.63, 3.8) is 0 Å². The lowest BCUT2D eigenvalue weighted by molar-refractivity contribution is -0.140. The maximum absolute atomic E-state index is 13.9. The van der Waals surface area contributed by atoms with Crippen molar-refractivity contribution in [1.82, 2.24) is 0 Å². The van der Waals surface area contributed by atoms with Gasteiger partial charge in [-0.15, -0.1) is 0 Å². The van der Waals surface area contributed by atoms with Crippen LogP contribution in [0.4, 0.5) is 0 Å². The van der Waals surface area contributed by atoms with Crippen LogP contribution in [0.3, 0.4) is 0 Å². The second-order valence-corrected chi connectivity index (χ2v) is 11.3. The standard InChI is InChI=1S/C39H33NO3/c1-26-12-10-11-17-33(26)38(42)32-19-21-35-34-20-18-31(27(2)40-43-28(3)41)22-36(34)39(37(35)23-32,24-29-13-6-4-7-14-29)25-30-15-8-5-9-16-30/h4-23H,24-25H2,1-3H3/b40-27+. The lowest BCUT2D eigenvalue weighted by Gasteiger charge is -2.33. The number of fused-ring (bicyclic) bond motifs is 3. The summed E-state index contributed by atoms with van der Waals surface area (Å²) < 4.78 is 0. The molecule has 0 saturated carbocycles. The Hall–Kier alpha value is -5.09. The van der Waals surface area contributed by atoms with Gasteiger partial charge >= 0.3 is 5.97 Å². The topological polar surface area (TPSA) is 55.7 Å². The van der Waals surface area contributed by atoms with Crippen LogP contribution >= 0.6 is 0 Å². The number of nitrogens with zero attached hydrogens (tertiary/aromatic N) is 1. The van der Waals surface area contributed by atoms with E-state index >= 15 is 0 Å². The molecular weight excluding hydrogens is 530 g/mol. The van der Waals surface area contributed by atoms with Crippen LogP contribution in [0.25, 0.3) is 11.1 Å². The third kappa shape index (κ3) is 5.44. The van der Waals surface area contributed by atoms with Gasteiger partial charge in [-0.25, -0.2) is 4.79 Å². The van der Waals surface area contributed by atoms with Crippen LogP contribution < -0.4 is 0 Å². The second kappa shape index (κ2) is 11.7. The normalized spacial score (nSPS) is 13.2. The molecule has 5 aromatic carbocycles. The molecule has 5 aromatic rings. The molecule has 0 atom stereocenters. The summed E-state index contributed by atoms with van der Waals surface area (Å²) in [5.41, 5.74) is 10.4. The molecule has 0 bridgehead atoms. The molecule has 1 aliphatic rings. The zero-order valence-corrected chi connectivity index (χ0v) is 24.6. The van der Waals surface area contributed by atoms with Gasteiger partial charge in [-0.1, -0.05) is 114 Å². The van der Waals surface area contributed by atoms with Crippen molar-refractivity contribution in [2.45, 2.75) is 39.0 Å². The molecule has 0 saturated heterocycles. The van der Waals surface area contributed by atoms with Crippen LogP contribution in [0, 0.1) is 6.92 Å². The summed E-state index contributed by atoms with van der Waals surface area (Å²) in [5, 5.41) is 4.09. The Bertz CT molecular complexity index is 1810. The van der Waals surface area contributed by atoms with Gasteiger partial charge in [-0.3, -0.25) is 4.79 Å². The van der Waals surface area contributed by atoms with E-state index in [0.717, 1.165) is 40.7 Å². The van der Waals surface area contributed by atoms with Gasteiger partial charge in [0.1, 0.15) is 0 Å². The molecule has 212 valence electrons. The number of carbonyl (C=O) groups is 2. The summed E-state index contributed by atoms with van der Waals surface area (Å²) in [5.74, 6) is -0.434. The summed E-state index contributed by atoms with van der Waals surface area (Å²) in [7, 11) is 0. The van der Waals surface area contributed by atoms with Gasteiger partial charge in [0.15, 0.2) is 5.78 Å². The highest BCUT2D eigenvalue weighted by Gasteiger charge is 2.44. The van der Waals surface area contributed by atoms with Crippen molar-refractivity contribution in [3.8, 4) is 11.1 Å². The molecule has 43 heavy (non-hydrogen) atoms. The first-order valence-corrected chi connectivity index (χ1v) is 14.6. The van der Waals surface area contributed by atoms with E-state index in [1.807, 2.05) is 62.4 Å². The molecule has 0 fully saturated rings. The van der Waals surface area contributed by atoms with Crippen molar-refractivity contribution >= 4 is 17.5 Å². The number of hydrogen-bond acceptors (Lipinski definition) is 4. The minimum absolute atomic E-state index is 0.0234. The summed E-state index contributed by atoms with van der Waals surface area (Å²) in [6.07, 6.45) is 1.49. The van der Waals surface area contributed by atoms with E-state index in [0.29, 0.717) is 16.8 Å². The molecule has 0 aromatic heterocycles. The predicted molar refractivity (Wildman–Crippen MR) is 172 cm³/mol. The number of aryl methyl sites for hydroxylation is 1. The Kier molecular flexibility index (Phi) is 7.60. The molecule has 0 spiro atoms. The first-order valence-electron chi connectivity index (χ1n) is 14.6. The maximum Gasteiger partial charge on any atom is 0.331 e. The molecule has 6 rings (SSSR count). The molecule has 0 aliphatic heterocycles. The predicted octanol–water partition coefficient (Wildman–Crippen LogP) is 8.27. The Labute approximate surface area is 252 Å². The fraction of sp³-hybridized carbons (Fsp3) is 0.154. The maximum atomic E-state index is 13.9. The van der Waals surface area contributed by atoms with Crippen molar-refractivity contribution in [3.05, 3.63) is 166 Å². The number of hydrogen-bond donors (Lipinski definition) is 0. The Morgan fingerprint density at radius 1 is 0.651 bits per heavy atom. The van der Waals surface area contributed by atoms with Crippen molar-refractivity contribution < 1.29 is 14.4 Å². The summed E-state index contributed by atoms with van der Waals surface area (Å²) in [6.45, 7) is 5.17. The minimum atomic E-state index is -0.465. The van der Waals surface area contributed by atoms with E-state index in [-0.39, 0.29) is 5.78 Å². The van der Waals surface area contributed by atoms with E-state index in [2.05, 4.69) is 78.0 Å². The zero-order valence-electron chi connectivity index (χ0n) is 24.6. The average molecular weight is 564 g/mol. The Morgan fingerprint density at radius 2 is 1.16 bits per heavy atom. The molecule has 0 unspecified atom stereocenters. The van der Waals surface area contributed by atoms with E-state index in [1.165, 1.54) is 23.6 Å². The zero-order chi connectivity index (χ0) is 30.0. The van der Waals surface area contributed by atoms with Crippen molar-refractivity contribution in [2.75, 3.05) is 0 Å². The monoisotopic (exact) mass is 563 g/mol. The summed E-state index contributed by atoms with van der Waals surface area (Å²) >= 11 is 0. The van der Waals surface area contributed by atoms with Gasteiger partial charge in [-0.2, -0.15) is 0 Å². The Morgan fingerprint density at radius 3 is 1.72 bits per heavy atom. The molecule has 4 nitrogen and oxygen atoms in total. The number of ketones is 1. The first kappa shape index (κ1) is 28.0. The summed E-state index contributed by atoms with van der Waals surface area (Å²) in [4.78, 5) is 30.3. The third-order valence-electron chi connectivity index (χ3n) is 8.44. The molecule has 0 heterocycles. The van der Waals surface area contributed by atoms with Crippen LogP contribution in [0.15, 0.2) is 126 Å². The number of oxime groups is 1. The van der Waals surface area contributed by atoms with E-state index in [9.17, 15) is 9.59 Å². The lowest BCUT2D eigenvalue weighted by Crippen LogP contribution is -2.31. The van der Waals surface area contributed by atoms with Gasteiger partial charge in [0.05, 0.1) is 5.71 Å². The van der Waals surface area contributed by atoms with E-state index < -0.39 is 11.4 Å². The highest BCUT2D eigenvalue weighted by molar-refractivity contribution is 6.10. The second-order valence-electron chi connectivity index (χ2n) is 11.3. The van der Waals surface area contributed by atoms with Crippen molar-refractivity contribution in [2.24, 2.45) is 5.16 Å². The number of carbonyl (C=O) groups excluding carboxylic acids is 2. The third-order valence-corrected chi connectivity index (χ3v) is 8.44. The van der Waals surface area contributed by atoms with Gasteiger partial charge < -0.3 is 4.84 Å². The van der Waals surface area contributed by atoms with Gasteiger partial charge in [0.25, 0.3) is 0 Å². The molecule has 0 radical (unpaired) electrons. The first-order chi connectivity index (χ1) is 20.9. The molecular formula is C39H33NO3. The molecule has 1 aliphatic carbocycles. The fourth-order valence-corrected chi connectivity index (χ4v) is 6.36. The fourth-order valence-electron chi connectivity index (χ4n) is 6.36. The summed E-state index contributed by atoms with van der Waals surface area (Å²) in [6, 6.07) is 41.4. The molecule has 4 heteroatoms. The smallest absolute Gasteiger partial charge is 0.318 e. The quantitative estimate of drug-likeness (QED) is 0.0826. The van der Waals surface area contributed by atoms with Crippen LogP contribution in [0.1, 0.15) is 63.1 Å². The number of benzene rings is 5. The van der Waals surface area contributed by atoms with E-state index in [1.54, 1.807) is 0 Å². The minimum Gasteiger partial charge on any atom is -0.318 e. The lowest BCUT2D eigenvalue weighted by atomic mass is 9.69. The largest absolute Gasteiger partial charge is 0.331 e. The Balaban J connectivity index is 1.59. The average Bonchev–Trinajstić information content (AvgIpc) is 3.28. The van der Waals surface area contributed by atoms with Gasteiger partial charge in [-0.05, 0) is 83.3 Å². The van der Waals surface area contributed by atoms with Gasteiger partial charge in [0.2, 0.25) is 0 Å². The van der Waals surface area contributed by atoms with Crippen LogP contribution in [-0.2, 0) is 27.9 Å². The molecule has 0 amide bonds. The van der Waals surface area contributed by atoms with Crippen LogP contribution in [0.5, 0.6) is 0 Å². The number of rotatable bonds is 8.